The van der Waals surface area contributed by atoms with Gasteiger partial charge < -0.3 is 14.7 Å². The molecule has 114 valence electrons. The molecular formula is C16H21NO4. The van der Waals surface area contributed by atoms with E-state index in [4.69, 9.17) is 4.74 Å². The molecule has 1 aliphatic heterocycles. The molecule has 1 heterocycles. The van der Waals surface area contributed by atoms with E-state index in [1.807, 2.05) is 30.3 Å². The number of amides is 1. The van der Waals surface area contributed by atoms with Gasteiger partial charge >= 0.3 is 12.1 Å². The molecule has 5 heteroatoms. The van der Waals surface area contributed by atoms with Crippen LogP contribution in [0.15, 0.2) is 30.3 Å². The van der Waals surface area contributed by atoms with Gasteiger partial charge in [0.25, 0.3) is 0 Å². The molecule has 1 saturated heterocycles. The van der Waals surface area contributed by atoms with Crippen molar-refractivity contribution in [3.63, 3.8) is 0 Å². The summed E-state index contributed by atoms with van der Waals surface area (Å²) in [5.74, 6) is -0.790. The molecule has 1 aromatic carbocycles. The smallest absolute Gasteiger partial charge is 0.410 e. The number of likely N-dealkylation sites (tertiary alicyclic amines) is 1. The van der Waals surface area contributed by atoms with Crippen LogP contribution in [0.5, 0.6) is 0 Å². The maximum Gasteiger partial charge on any atom is 0.410 e. The molecule has 0 aromatic heterocycles. The zero-order valence-corrected chi connectivity index (χ0v) is 12.2. The van der Waals surface area contributed by atoms with Gasteiger partial charge in [0.15, 0.2) is 0 Å². The van der Waals surface area contributed by atoms with E-state index in [2.05, 4.69) is 0 Å². The number of nitrogens with zero attached hydrogens (tertiary/aromatic N) is 1. The molecule has 0 spiro atoms. The van der Waals surface area contributed by atoms with Crippen LogP contribution < -0.4 is 0 Å². The van der Waals surface area contributed by atoms with E-state index in [-0.39, 0.29) is 12.7 Å². The van der Waals surface area contributed by atoms with E-state index in [9.17, 15) is 14.7 Å². The Hall–Kier alpha value is -2.04. The molecule has 2 rings (SSSR count). The molecule has 1 aliphatic rings. The zero-order valence-electron chi connectivity index (χ0n) is 12.2. The van der Waals surface area contributed by atoms with E-state index in [1.165, 1.54) is 0 Å². The van der Waals surface area contributed by atoms with Crippen molar-refractivity contribution >= 4 is 12.1 Å². The summed E-state index contributed by atoms with van der Waals surface area (Å²) >= 11 is 0. The standard InChI is InChI=1S/C16H21NO4/c1-16(14(18)19)8-5-10-17(11-9-16)15(20)21-12-13-6-3-2-4-7-13/h2-4,6-7H,5,8-12H2,1H3,(H,18,19). The van der Waals surface area contributed by atoms with Gasteiger partial charge in [-0.05, 0) is 31.7 Å². The lowest BCUT2D eigenvalue weighted by atomic mass is 9.83. The number of aliphatic carboxylic acids is 1. The van der Waals surface area contributed by atoms with Crippen molar-refractivity contribution in [2.75, 3.05) is 13.1 Å². The van der Waals surface area contributed by atoms with Crippen LogP contribution in [0.3, 0.4) is 0 Å². The first-order chi connectivity index (χ1) is 10.0. The first-order valence-electron chi connectivity index (χ1n) is 7.20. The van der Waals surface area contributed by atoms with Gasteiger partial charge in [0.2, 0.25) is 0 Å². The molecule has 1 unspecified atom stereocenters. The normalized spacial score (nSPS) is 22.4. The molecule has 1 amide bonds. The first kappa shape index (κ1) is 15.4. The van der Waals surface area contributed by atoms with Crippen molar-refractivity contribution in [1.29, 1.82) is 0 Å². The van der Waals surface area contributed by atoms with E-state index < -0.39 is 11.4 Å². The molecule has 21 heavy (non-hydrogen) atoms. The summed E-state index contributed by atoms with van der Waals surface area (Å²) in [6.45, 7) is 2.97. The predicted molar refractivity (Wildman–Crippen MR) is 77.8 cm³/mol. The van der Waals surface area contributed by atoms with Gasteiger partial charge in [0.1, 0.15) is 6.61 Å². The molecule has 1 N–H and O–H groups in total. The molecule has 0 aliphatic carbocycles. The van der Waals surface area contributed by atoms with Crippen LogP contribution in [0.4, 0.5) is 4.79 Å². The number of ether oxygens (including phenoxy) is 1. The van der Waals surface area contributed by atoms with Crippen molar-refractivity contribution < 1.29 is 19.4 Å². The number of hydrogen-bond donors (Lipinski definition) is 1. The Bertz CT molecular complexity index is 502. The molecule has 0 radical (unpaired) electrons. The lowest BCUT2D eigenvalue weighted by Crippen LogP contribution is -2.34. The second-order valence-corrected chi connectivity index (χ2v) is 5.75. The second-order valence-electron chi connectivity index (χ2n) is 5.75. The average molecular weight is 291 g/mol. The SMILES string of the molecule is CC1(C(=O)O)CCCN(C(=O)OCc2ccccc2)CC1. The molecule has 1 fully saturated rings. The first-order valence-corrected chi connectivity index (χ1v) is 7.20. The summed E-state index contributed by atoms with van der Waals surface area (Å²) in [5, 5.41) is 9.26. The third-order valence-corrected chi connectivity index (χ3v) is 4.07. The number of carboxylic acid groups (broad SMARTS) is 1. The van der Waals surface area contributed by atoms with Crippen molar-refractivity contribution in [2.24, 2.45) is 5.41 Å². The topological polar surface area (TPSA) is 66.8 Å². The quantitative estimate of drug-likeness (QED) is 0.930. The maximum atomic E-state index is 12.1. The Balaban J connectivity index is 1.87. The average Bonchev–Trinajstić information content (AvgIpc) is 2.69. The van der Waals surface area contributed by atoms with Crippen molar-refractivity contribution in [1.82, 2.24) is 4.90 Å². The monoisotopic (exact) mass is 291 g/mol. The van der Waals surface area contributed by atoms with Gasteiger partial charge in [0.05, 0.1) is 5.41 Å². The van der Waals surface area contributed by atoms with E-state index in [0.717, 1.165) is 5.56 Å². The summed E-state index contributed by atoms with van der Waals surface area (Å²) in [4.78, 5) is 25.0. The van der Waals surface area contributed by atoms with E-state index >= 15 is 0 Å². The van der Waals surface area contributed by atoms with E-state index in [0.29, 0.717) is 32.4 Å². The van der Waals surface area contributed by atoms with Crippen LogP contribution in [0.2, 0.25) is 0 Å². The Morgan fingerprint density at radius 2 is 1.95 bits per heavy atom. The highest BCUT2D eigenvalue weighted by Gasteiger charge is 2.36. The lowest BCUT2D eigenvalue weighted by Gasteiger charge is -2.23. The second kappa shape index (κ2) is 6.61. The third-order valence-electron chi connectivity index (χ3n) is 4.07. The van der Waals surface area contributed by atoms with E-state index in [1.54, 1.807) is 11.8 Å². The van der Waals surface area contributed by atoms with Gasteiger partial charge in [-0.15, -0.1) is 0 Å². The fourth-order valence-electron chi connectivity index (χ4n) is 2.49. The lowest BCUT2D eigenvalue weighted by molar-refractivity contribution is -0.148. The highest BCUT2D eigenvalue weighted by Crippen LogP contribution is 2.31. The van der Waals surface area contributed by atoms with Crippen LogP contribution >= 0.6 is 0 Å². The highest BCUT2D eigenvalue weighted by molar-refractivity contribution is 5.74. The Morgan fingerprint density at radius 3 is 2.62 bits per heavy atom. The van der Waals surface area contributed by atoms with Gasteiger partial charge in [-0.3, -0.25) is 4.79 Å². The Labute approximate surface area is 124 Å². The summed E-state index contributed by atoms with van der Waals surface area (Å²) in [5.41, 5.74) is 0.199. The Kier molecular flexibility index (Phi) is 4.83. The van der Waals surface area contributed by atoms with Crippen molar-refractivity contribution in [2.45, 2.75) is 32.8 Å². The van der Waals surface area contributed by atoms with Crippen molar-refractivity contribution in [3.8, 4) is 0 Å². The highest BCUT2D eigenvalue weighted by atomic mass is 16.6. The predicted octanol–water partition coefficient (Wildman–Crippen LogP) is 2.90. The molecule has 0 saturated carbocycles. The van der Waals surface area contributed by atoms with Gasteiger partial charge in [-0.1, -0.05) is 30.3 Å². The summed E-state index contributed by atoms with van der Waals surface area (Å²) in [6.07, 6.45) is 1.37. The van der Waals surface area contributed by atoms with Crippen LogP contribution in [0.1, 0.15) is 31.7 Å². The molecule has 0 bridgehead atoms. The van der Waals surface area contributed by atoms with Gasteiger partial charge in [-0.2, -0.15) is 0 Å². The number of rotatable bonds is 3. The molecule has 1 atom stereocenters. The number of benzene rings is 1. The fourth-order valence-corrected chi connectivity index (χ4v) is 2.49. The number of carbonyl (C=O) groups is 2. The largest absolute Gasteiger partial charge is 0.481 e. The Morgan fingerprint density at radius 1 is 1.24 bits per heavy atom. The van der Waals surface area contributed by atoms with Crippen LogP contribution in [0, 0.1) is 5.41 Å². The maximum absolute atomic E-state index is 12.1. The third kappa shape index (κ3) is 3.97. The minimum Gasteiger partial charge on any atom is -0.481 e. The molecular weight excluding hydrogens is 270 g/mol. The van der Waals surface area contributed by atoms with Gasteiger partial charge in [-0.25, -0.2) is 4.79 Å². The van der Waals surface area contributed by atoms with Crippen molar-refractivity contribution in [3.05, 3.63) is 35.9 Å². The number of carboxylic acids is 1. The minimum absolute atomic E-state index is 0.242. The van der Waals surface area contributed by atoms with Crippen LogP contribution in [-0.4, -0.2) is 35.2 Å². The summed E-state index contributed by atoms with van der Waals surface area (Å²) < 4.78 is 5.29. The number of carbonyl (C=O) groups excluding carboxylic acids is 1. The molecule has 1 aromatic rings. The zero-order chi connectivity index (χ0) is 15.3. The fraction of sp³-hybridized carbons (Fsp3) is 0.500. The molecule has 5 nitrogen and oxygen atoms in total. The van der Waals surface area contributed by atoms with Gasteiger partial charge in [0, 0.05) is 13.1 Å². The minimum atomic E-state index is -0.790. The van der Waals surface area contributed by atoms with Crippen LogP contribution in [-0.2, 0) is 16.1 Å². The summed E-state index contributed by atoms with van der Waals surface area (Å²) in [7, 11) is 0. The number of hydrogen-bond acceptors (Lipinski definition) is 3. The summed E-state index contributed by atoms with van der Waals surface area (Å²) in [6, 6.07) is 9.50. The van der Waals surface area contributed by atoms with Crippen LogP contribution in [0.25, 0.3) is 0 Å².